The molecule has 0 radical (unpaired) electrons. The molecule has 72 valence electrons. The fourth-order valence-corrected chi connectivity index (χ4v) is 1.96. The van der Waals surface area contributed by atoms with Gasteiger partial charge in [0.15, 0.2) is 0 Å². The van der Waals surface area contributed by atoms with Crippen LogP contribution in [0.1, 0.15) is 0 Å². The minimum atomic E-state index is -2.27. The molecule has 0 bridgehead atoms. The van der Waals surface area contributed by atoms with Gasteiger partial charge in [-0.1, -0.05) is 24.3 Å². The maximum atomic E-state index is 10.8. The fourth-order valence-electron chi connectivity index (χ4n) is 1.41. The number of benzene rings is 2. The molecule has 2 aromatic carbocycles. The summed E-state index contributed by atoms with van der Waals surface area (Å²) in [5.41, 5.74) is 0. The second-order valence-electron chi connectivity index (χ2n) is 2.86. The largest absolute Gasteiger partial charge is 0.768 e. The van der Waals surface area contributed by atoms with Crippen LogP contribution in [-0.4, -0.2) is 13.9 Å². The van der Waals surface area contributed by atoms with Gasteiger partial charge >= 0.3 is 0 Å². The second kappa shape index (κ2) is 3.40. The quantitative estimate of drug-likeness (QED) is 0.725. The first-order valence-corrected chi connectivity index (χ1v) is 5.07. The van der Waals surface area contributed by atoms with E-state index in [9.17, 15) is 13.9 Å². The maximum absolute atomic E-state index is 10.8. The Morgan fingerprint density at radius 3 is 2.43 bits per heavy atom. The van der Waals surface area contributed by atoms with Crippen LogP contribution < -0.4 is 0 Å². The fraction of sp³-hybridized carbons (Fsp3) is 0. The zero-order valence-electron chi connectivity index (χ0n) is 7.14. The van der Waals surface area contributed by atoms with Crippen LogP contribution in [0.2, 0.25) is 0 Å². The first-order valence-electron chi connectivity index (χ1n) is 4.00. The minimum Gasteiger partial charge on any atom is -0.768 e. The third-order valence-electron chi connectivity index (χ3n) is 2.04. The lowest BCUT2D eigenvalue weighted by atomic mass is 10.1. The molecule has 0 aromatic heterocycles. The summed E-state index contributed by atoms with van der Waals surface area (Å²) in [6, 6.07) is 9.60. The molecular formula is C10H7O3S-. The molecule has 2 aromatic rings. The minimum absolute atomic E-state index is 0.0924. The number of hydrogen-bond donors (Lipinski definition) is 1. The van der Waals surface area contributed by atoms with E-state index in [1.165, 1.54) is 12.1 Å². The molecule has 14 heavy (non-hydrogen) atoms. The van der Waals surface area contributed by atoms with Gasteiger partial charge in [0.1, 0.15) is 5.75 Å². The van der Waals surface area contributed by atoms with E-state index in [0.29, 0.717) is 10.8 Å². The van der Waals surface area contributed by atoms with Crippen molar-refractivity contribution in [3.05, 3.63) is 36.4 Å². The van der Waals surface area contributed by atoms with Crippen LogP contribution in [0.25, 0.3) is 10.8 Å². The van der Waals surface area contributed by atoms with Gasteiger partial charge in [-0.05, 0) is 23.2 Å². The Morgan fingerprint density at radius 1 is 1.07 bits per heavy atom. The Balaban J connectivity index is 2.88. The summed E-state index contributed by atoms with van der Waals surface area (Å²) in [6.07, 6.45) is 0. The highest BCUT2D eigenvalue weighted by atomic mass is 32.2. The molecule has 0 fully saturated rings. The summed E-state index contributed by atoms with van der Waals surface area (Å²) >= 11 is -2.27. The first kappa shape index (κ1) is 9.18. The smallest absolute Gasteiger partial charge is 0.123 e. The van der Waals surface area contributed by atoms with Crippen molar-refractivity contribution >= 4 is 21.9 Å². The number of hydrogen-bond acceptors (Lipinski definition) is 3. The van der Waals surface area contributed by atoms with Crippen molar-refractivity contribution in [2.45, 2.75) is 4.90 Å². The van der Waals surface area contributed by atoms with Crippen molar-refractivity contribution in [1.29, 1.82) is 0 Å². The molecule has 2 rings (SSSR count). The molecule has 0 aliphatic heterocycles. The molecule has 0 aliphatic carbocycles. The van der Waals surface area contributed by atoms with Crippen molar-refractivity contribution in [1.82, 2.24) is 0 Å². The Labute approximate surface area is 83.3 Å². The Hall–Kier alpha value is -1.39. The number of fused-ring (bicyclic) bond motifs is 1. The molecule has 3 nitrogen and oxygen atoms in total. The zero-order chi connectivity index (χ0) is 10.1. The molecule has 0 saturated carbocycles. The highest BCUT2D eigenvalue weighted by Crippen LogP contribution is 2.27. The summed E-state index contributed by atoms with van der Waals surface area (Å²) in [4.78, 5) is 0.207. The van der Waals surface area contributed by atoms with Gasteiger partial charge in [-0.15, -0.1) is 0 Å². The van der Waals surface area contributed by atoms with Crippen LogP contribution in [0.15, 0.2) is 41.3 Å². The predicted molar refractivity (Wildman–Crippen MR) is 52.8 cm³/mol. The van der Waals surface area contributed by atoms with Crippen LogP contribution in [-0.2, 0) is 11.1 Å². The van der Waals surface area contributed by atoms with Gasteiger partial charge in [0, 0.05) is 15.7 Å². The van der Waals surface area contributed by atoms with Gasteiger partial charge in [-0.25, -0.2) is 0 Å². The molecule has 1 N–H and O–H groups in total. The Kier molecular flexibility index (Phi) is 2.23. The van der Waals surface area contributed by atoms with Crippen LogP contribution in [0.5, 0.6) is 5.75 Å². The predicted octanol–water partition coefficient (Wildman–Crippen LogP) is 1.78. The molecule has 0 amide bonds. The molecule has 0 spiro atoms. The van der Waals surface area contributed by atoms with E-state index in [0.717, 1.165) is 0 Å². The molecule has 1 unspecified atom stereocenters. The molecular weight excluding hydrogens is 200 g/mol. The normalized spacial score (nSPS) is 12.9. The maximum Gasteiger partial charge on any atom is 0.123 e. The summed E-state index contributed by atoms with van der Waals surface area (Å²) in [6.45, 7) is 0. The second-order valence-corrected chi connectivity index (χ2v) is 3.77. The van der Waals surface area contributed by atoms with Crippen LogP contribution >= 0.6 is 0 Å². The summed E-state index contributed by atoms with van der Waals surface area (Å²) < 4.78 is 21.7. The van der Waals surface area contributed by atoms with Gasteiger partial charge < -0.3 is 9.66 Å². The lowest BCUT2D eigenvalue weighted by Crippen LogP contribution is -1.89. The van der Waals surface area contributed by atoms with Gasteiger partial charge in [-0.3, -0.25) is 4.21 Å². The van der Waals surface area contributed by atoms with E-state index in [-0.39, 0.29) is 10.6 Å². The molecule has 0 saturated heterocycles. The van der Waals surface area contributed by atoms with Crippen molar-refractivity contribution < 1.29 is 13.9 Å². The topological polar surface area (TPSA) is 60.4 Å². The highest BCUT2D eigenvalue weighted by Gasteiger charge is 2.03. The van der Waals surface area contributed by atoms with Crippen molar-refractivity contribution in [2.24, 2.45) is 0 Å². The van der Waals surface area contributed by atoms with E-state index in [2.05, 4.69) is 0 Å². The first-order chi connectivity index (χ1) is 6.70. The number of rotatable bonds is 1. The van der Waals surface area contributed by atoms with E-state index in [1.54, 1.807) is 24.3 Å². The van der Waals surface area contributed by atoms with E-state index < -0.39 is 11.1 Å². The van der Waals surface area contributed by atoms with Crippen molar-refractivity contribution in [3.63, 3.8) is 0 Å². The average molecular weight is 207 g/mol. The summed E-state index contributed by atoms with van der Waals surface area (Å²) in [5, 5.41) is 10.6. The van der Waals surface area contributed by atoms with Crippen molar-refractivity contribution in [2.75, 3.05) is 0 Å². The molecule has 4 heteroatoms. The number of phenols is 1. The molecule has 0 aliphatic rings. The van der Waals surface area contributed by atoms with Crippen LogP contribution in [0, 0.1) is 0 Å². The lowest BCUT2D eigenvalue weighted by molar-refractivity contribution is 0.481. The van der Waals surface area contributed by atoms with E-state index >= 15 is 0 Å². The third-order valence-corrected chi connectivity index (χ3v) is 2.75. The third kappa shape index (κ3) is 1.38. The Morgan fingerprint density at radius 2 is 1.71 bits per heavy atom. The highest BCUT2D eigenvalue weighted by molar-refractivity contribution is 7.79. The average Bonchev–Trinajstić information content (AvgIpc) is 2.17. The zero-order valence-corrected chi connectivity index (χ0v) is 7.95. The SMILES string of the molecule is O=S([O-])c1cccc2c(O)cccc12. The summed E-state index contributed by atoms with van der Waals surface area (Å²) in [7, 11) is 0. The van der Waals surface area contributed by atoms with Gasteiger partial charge in [0.25, 0.3) is 0 Å². The number of phenolic OH excluding ortho intramolecular Hbond substituents is 1. The Bertz CT molecular complexity index is 508. The lowest BCUT2D eigenvalue weighted by Gasteiger charge is -2.09. The van der Waals surface area contributed by atoms with E-state index in [4.69, 9.17) is 0 Å². The van der Waals surface area contributed by atoms with Crippen LogP contribution in [0.4, 0.5) is 0 Å². The standard InChI is InChI=1S/C10H8O3S/c11-9-5-1-4-8-7(9)3-2-6-10(8)14(12)13/h1-6,11H,(H,12,13)/p-1. The van der Waals surface area contributed by atoms with Crippen molar-refractivity contribution in [3.8, 4) is 5.75 Å². The molecule has 1 atom stereocenters. The summed E-state index contributed by atoms with van der Waals surface area (Å²) in [5.74, 6) is 0.0924. The number of aromatic hydroxyl groups is 1. The van der Waals surface area contributed by atoms with Crippen LogP contribution in [0.3, 0.4) is 0 Å². The van der Waals surface area contributed by atoms with Gasteiger partial charge in [-0.2, -0.15) is 0 Å². The van der Waals surface area contributed by atoms with Gasteiger partial charge in [0.05, 0.1) is 0 Å². The molecule has 0 heterocycles. The monoisotopic (exact) mass is 207 g/mol. The van der Waals surface area contributed by atoms with Gasteiger partial charge in [0.2, 0.25) is 0 Å². The van der Waals surface area contributed by atoms with E-state index in [1.807, 2.05) is 0 Å².